The molecule has 3 nitrogen and oxygen atoms in total. The highest BCUT2D eigenvalue weighted by Gasteiger charge is 2.42. The number of halogens is 2. The Balaban J connectivity index is 0.000000921. The number of rotatable bonds is 2. The van der Waals surface area contributed by atoms with Gasteiger partial charge in [0.25, 0.3) is 5.92 Å². The Morgan fingerprint density at radius 2 is 2.13 bits per heavy atom. The van der Waals surface area contributed by atoms with Crippen molar-refractivity contribution in [1.29, 1.82) is 0 Å². The molecule has 0 aromatic rings. The molecular weight excluding hydrogens is 202 g/mol. The Morgan fingerprint density at radius 1 is 1.53 bits per heavy atom. The molecule has 5 heteroatoms. The van der Waals surface area contributed by atoms with Gasteiger partial charge in [0.1, 0.15) is 0 Å². The predicted molar refractivity (Wildman–Crippen MR) is 56.0 cm³/mol. The van der Waals surface area contributed by atoms with E-state index in [-0.39, 0.29) is 18.9 Å². The van der Waals surface area contributed by atoms with E-state index < -0.39 is 12.0 Å². The molecule has 1 fully saturated rings. The molecular formula is C10H20F2N2O. The molecule has 90 valence electrons. The van der Waals surface area contributed by atoms with Crippen molar-refractivity contribution in [2.75, 3.05) is 13.1 Å². The second-order valence-electron chi connectivity index (χ2n) is 3.20. The average molecular weight is 222 g/mol. The molecule has 0 spiro atoms. The zero-order chi connectivity index (χ0) is 11.9. The van der Waals surface area contributed by atoms with E-state index >= 15 is 0 Å². The van der Waals surface area contributed by atoms with Crippen LogP contribution in [0.5, 0.6) is 0 Å². The maximum atomic E-state index is 13.1. The van der Waals surface area contributed by atoms with Gasteiger partial charge in [-0.15, -0.1) is 0 Å². The quantitative estimate of drug-likeness (QED) is 0.744. The van der Waals surface area contributed by atoms with Crippen LogP contribution < -0.4 is 10.6 Å². The maximum absolute atomic E-state index is 13.1. The second kappa shape index (κ2) is 6.71. The maximum Gasteiger partial charge on any atom is 0.280 e. The molecule has 0 bridgehead atoms. The Labute approximate surface area is 89.6 Å². The van der Waals surface area contributed by atoms with Gasteiger partial charge in [-0.1, -0.05) is 20.8 Å². The molecule has 0 saturated carbocycles. The molecule has 1 unspecified atom stereocenters. The van der Waals surface area contributed by atoms with Crippen molar-refractivity contribution >= 4 is 5.91 Å². The first-order valence-electron chi connectivity index (χ1n) is 5.44. The van der Waals surface area contributed by atoms with Crippen molar-refractivity contribution < 1.29 is 13.6 Å². The van der Waals surface area contributed by atoms with Crippen LogP contribution in [0.15, 0.2) is 0 Å². The van der Waals surface area contributed by atoms with Crippen LogP contribution >= 0.6 is 0 Å². The minimum Gasteiger partial charge on any atom is -0.347 e. The first kappa shape index (κ1) is 14.3. The van der Waals surface area contributed by atoms with Crippen LogP contribution in [0.25, 0.3) is 0 Å². The summed E-state index contributed by atoms with van der Waals surface area (Å²) in [5, 5.41) is 4.92. The highest BCUT2D eigenvalue weighted by Crippen LogP contribution is 2.22. The molecule has 1 aliphatic rings. The SMILES string of the molecule is CC.CCC(=O)NC1CCNCC1(F)F. The second-order valence-corrected chi connectivity index (χ2v) is 3.20. The van der Waals surface area contributed by atoms with E-state index in [1.54, 1.807) is 6.92 Å². The van der Waals surface area contributed by atoms with E-state index in [1.165, 1.54) is 0 Å². The van der Waals surface area contributed by atoms with Crippen molar-refractivity contribution in [3.63, 3.8) is 0 Å². The van der Waals surface area contributed by atoms with Gasteiger partial charge in [-0.05, 0) is 13.0 Å². The summed E-state index contributed by atoms with van der Waals surface area (Å²) in [6.45, 7) is 5.83. The summed E-state index contributed by atoms with van der Waals surface area (Å²) in [5.74, 6) is -3.13. The summed E-state index contributed by atoms with van der Waals surface area (Å²) in [5.41, 5.74) is 0. The number of alkyl halides is 2. The zero-order valence-corrected chi connectivity index (χ0v) is 9.57. The molecule has 1 rings (SSSR count). The summed E-state index contributed by atoms with van der Waals surface area (Å²) in [6, 6.07) is -0.999. The molecule has 0 aromatic heterocycles. The number of carbonyl (C=O) groups excluding carboxylic acids is 1. The van der Waals surface area contributed by atoms with Crippen LogP contribution in [0.1, 0.15) is 33.6 Å². The van der Waals surface area contributed by atoms with Crippen LogP contribution in [0, 0.1) is 0 Å². The van der Waals surface area contributed by atoms with Gasteiger partial charge in [0.2, 0.25) is 5.91 Å². The third-order valence-corrected chi connectivity index (χ3v) is 2.14. The number of nitrogens with one attached hydrogen (secondary N) is 2. The first-order valence-corrected chi connectivity index (χ1v) is 5.44. The molecule has 1 saturated heterocycles. The first-order chi connectivity index (χ1) is 7.06. The van der Waals surface area contributed by atoms with Crippen molar-refractivity contribution in [2.24, 2.45) is 0 Å². The number of hydrogen-bond donors (Lipinski definition) is 2. The van der Waals surface area contributed by atoms with Gasteiger partial charge < -0.3 is 10.6 Å². The highest BCUT2D eigenvalue weighted by molar-refractivity contribution is 5.75. The lowest BCUT2D eigenvalue weighted by molar-refractivity contribution is -0.126. The molecule has 1 heterocycles. The Bertz CT molecular complexity index is 198. The van der Waals surface area contributed by atoms with Crippen molar-refractivity contribution in [3.05, 3.63) is 0 Å². The fraction of sp³-hybridized carbons (Fsp3) is 0.900. The monoisotopic (exact) mass is 222 g/mol. The van der Waals surface area contributed by atoms with Crippen LogP contribution in [-0.2, 0) is 4.79 Å². The van der Waals surface area contributed by atoms with Crippen LogP contribution in [-0.4, -0.2) is 31.0 Å². The predicted octanol–water partition coefficient (Wildman–Crippen LogP) is 1.54. The Morgan fingerprint density at radius 3 is 2.60 bits per heavy atom. The van der Waals surface area contributed by atoms with E-state index in [2.05, 4.69) is 10.6 Å². The molecule has 2 N–H and O–H groups in total. The van der Waals surface area contributed by atoms with Gasteiger partial charge in [-0.3, -0.25) is 4.79 Å². The zero-order valence-electron chi connectivity index (χ0n) is 9.57. The van der Waals surface area contributed by atoms with Gasteiger partial charge in [-0.25, -0.2) is 8.78 Å². The average Bonchev–Trinajstić information content (AvgIpc) is 2.24. The van der Waals surface area contributed by atoms with Crippen molar-refractivity contribution in [3.8, 4) is 0 Å². The van der Waals surface area contributed by atoms with Gasteiger partial charge in [0.05, 0.1) is 12.6 Å². The molecule has 0 aliphatic carbocycles. The minimum atomic E-state index is -2.82. The largest absolute Gasteiger partial charge is 0.347 e. The Hall–Kier alpha value is -0.710. The summed E-state index contributed by atoms with van der Waals surface area (Å²) < 4.78 is 26.2. The van der Waals surface area contributed by atoms with E-state index in [0.29, 0.717) is 13.0 Å². The normalized spacial score (nSPS) is 23.7. The summed E-state index contributed by atoms with van der Waals surface area (Å²) >= 11 is 0. The number of hydrogen-bond acceptors (Lipinski definition) is 2. The molecule has 0 radical (unpaired) electrons. The minimum absolute atomic E-state index is 0.250. The standard InChI is InChI=1S/C8H14F2N2O.C2H6/c1-2-7(13)12-6-3-4-11-5-8(6,9)10;1-2/h6,11H,2-5H2,1H3,(H,12,13);1-2H3. The van der Waals surface area contributed by atoms with E-state index in [9.17, 15) is 13.6 Å². The van der Waals surface area contributed by atoms with E-state index in [4.69, 9.17) is 0 Å². The van der Waals surface area contributed by atoms with Crippen molar-refractivity contribution in [1.82, 2.24) is 10.6 Å². The lowest BCUT2D eigenvalue weighted by Gasteiger charge is -2.32. The van der Waals surface area contributed by atoms with Crippen LogP contribution in [0.4, 0.5) is 8.78 Å². The molecule has 0 aromatic carbocycles. The lowest BCUT2D eigenvalue weighted by Crippen LogP contribution is -2.57. The Kier molecular flexibility index (Phi) is 6.40. The number of carbonyl (C=O) groups is 1. The van der Waals surface area contributed by atoms with E-state index in [0.717, 1.165) is 0 Å². The molecule has 1 aliphatic heterocycles. The smallest absolute Gasteiger partial charge is 0.280 e. The third-order valence-electron chi connectivity index (χ3n) is 2.14. The lowest BCUT2D eigenvalue weighted by atomic mass is 10.0. The molecule has 1 atom stereocenters. The van der Waals surface area contributed by atoms with Crippen LogP contribution in [0.2, 0.25) is 0 Å². The van der Waals surface area contributed by atoms with Gasteiger partial charge in [0.15, 0.2) is 0 Å². The summed E-state index contributed by atoms with van der Waals surface area (Å²) in [7, 11) is 0. The fourth-order valence-electron chi connectivity index (χ4n) is 1.31. The molecule has 1 amide bonds. The summed E-state index contributed by atoms with van der Waals surface area (Å²) in [6.07, 6.45) is 0.540. The number of piperidine rings is 1. The molecule has 15 heavy (non-hydrogen) atoms. The highest BCUT2D eigenvalue weighted by atomic mass is 19.3. The van der Waals surface area contributed by atoms with Gasteiger partial charge in [0, 0.05) is 6.42 Å². The topological polar surface area (TPSA) is 41.1 Å². The van der Waals surface area contributed by atoms with Crippen LogP contribution in [0.3, 0.4) is 0 Å². The van der Waals surface area contributed by atoms with E-state index in [1.807, 2.05) is 13.8 Å². The van der Waals surface area contributed by atoms with Gasteiger partial charge in [-0.2, -0.15) is 0 Å². The summed E-state index contributed by atoms with van der Waals surface area (Å²) in [4.78, 5) is 10.9. The number of amides is 1. The van der Waals surface area contributed by atoms with Gasteiger partial charge >= 0.3 is 0 Å². The van der Waals surface area contributed by atoms with Crippen molar-refractivity contribution in [2.45, 2.75) is 45.6 Å². The fourth-order valence-corrected chi connectivity index (χ4v) is 1.31. The third kappa shape index (κ3) is 4.55.